The summed E-state index contributed by atoms with van der Waals surface area (Å²) in [5.74, 6) is 0. The lowest BCUT2D eigenvalue weighted by molar-refractivity contribution is 0.0230. The minimum atomic E-state index is -0.132. The minimum absolute atomic E-state index is 0.132. The van der Waals surface area contributed by atoms with Gasteiger partial charge in [0.1, 0.15) is 6.33 Å². The van der Waals surface area contributed by atoms with Crippen LogP contribution in [0.3, 0.4) is 0 Å². The molecule has 1 aromatic rings. The highest BCUT2D eigenvalue weighted by molar-refractivity contribution is 4.97. The van der Waals surface area contributed by atoms with Crippen LogP contribution in [0.4, 0.5) is 0 Å². The molecule has 78 valence electrons. The first-order valence-electron chi connectivity index (χ1n) is 4.65. The van der Waals surface area contributed by atoms with E-state index in [4.69, 9.17) is 4.74 Å². The van der Waals surface area contributed by atoms with E-state index in [-0.39, 0.29) is 5.60 Å². The zero-order valence-electron chi connectivity index (χ0n) is 8.95. The molecular weight excluding hydrogens is 178 g/mol. The van der Waals surface area contributed by atoms with Crippen molar-refractivity contribution in [3.05, 3.63) is 24.3 Å². The van der Waals surface area contributed by atoms with Crippen LogP contribution in [-0.4, -0.2) is 29.2 Å². The van der Waals surface area contributed by atoms with Gasteiger partial charge in [0.05, 0.1) is 11.3 Å². The van der Waals surface area contributed by atoms with Gasteiger partial charge in [0.25, 0.3) is 0 Å². The maximum Gasteiger partial charge on any atom is 0.115 e. The zero-order chi connectivity index (χ0) is 10.4. The molecule has 0 aliphatic carbocycles. The lowest BCUT2D eigenvalue weighted by Gasteiger charge is -2.23. The average Bonchev–Trinajstić information content (AvgIpc) is 2.19. The fourth-order valence-corrected chi connectivity index (χ4v) is 0.986. The molecule has 4 heteroatoms. The number of rotatable bonds is 5. The van der Waals surface area contributed by atoms with Crippen LogP contribution < -0.4 is 5.32 Å². The van der Waals surface area contributed by atoms with Gasteiger partial charge in [-0.05, 0) is 19.9 Å². The van der Waals surface area contributed by atoms with E-state index in [9.17, 15) is 0 Å². The molecule has 0 aromatic carbocycles. The summed E-state index contributed by atoms with van der Waals surface area (Å²) in [6.07, 6.45) is 3.30. The van der Waals surface area contributed by atoms with E-state index >= 15 is 0 Å². The largest absolute Gasteiger partial charge is 0.377 e. The topological polar surface area (TPSA) is 47.0 Å². The summed E-state index contributed by atoms with van der Waals surface area (Å²) < 4.78 is 5.28. The van der Waals surface area contributed by atoms with Crippen LogP contribution in [0.5, 0.6) is 0 Å². The fraction of sp³-hybridized carbons (Fsp3) is 0.600. The lowest BCUT2D eigenvalue weighted by Crippen LogP contribution is -2.36. The van der Waals surface area contributed by atoms with Crippen molar-refractivity contribution in [3.8, 4) is 0 Å². The highest BCUT2D eigenvalue weighted by atomic mass is 16.5. The molecule has 0 fully saturated rings. The number of nitrogens with one attached hydrogen (secondary N) is 1. The third kappa shape index (κ3) is 3.81. The van der Waals surface area contributed by atoms with Gasteiger partial charge in [-0.15, -0.1) is 0 Å². The van der Waals surface area contributed by atoms with Gasteiger partial charge >= 0.3 is 0 Å². The minimum Gasteiger partial charge on any atom is -0.377 e. The SMILES string of the molecule is COC(C)(C)CNCc1ccncn1. The summed E-state index contributed by atoms with van der Waals surface area (Å²) in [4.78, 5) is 7.96. The Morgan fingerprint density at radius 3 is 2.86 bits per heavy atom. The summed E-state index contributed by atoms with van der Waals surface area (Å²) in [6.45, 7) is 5.63. The number of ether oxygens (including phenoxy) is 1. The molecule has 1 heterocycles. The lowest BCUT2D eigenvalue weighted by atomic mass is 10.1. The van der Waals surface area contributed by atoms with Gasteiger partial charge in [-0.1, -0.05) is 0 Å². The third-order valence-electron chi connectivity index (χ3n) is 2.05. The molecule has 1 rings (SSSR count). The van der Waals surface area contributed by atoms with E-state index in [1.165, 1.54) is 0 Å². The molecule has 0 aliphatic rings. The van der Waals surface area contributed by atoms with Crippen LogP contribution in [0, 0.1) is 0 Å². The third-order valence-corrected chi connectivity index (χ3v) is 2.05. The van der Waals surface area contributed by atoms with Crippen LogP contribution in [0.2, 0.25) is 0 Å². The van der Waals surface area contributed by atoms with E-state index in [2.05, 4.69) is 15.3 Å². The first kappa shape index (κ1) is 11.1. The van der Waals surface area contributed by atoms with E-state index in [1.807, 2.05) is 19.9 Å². The molecule has 14 heavy (non-hydrogen) atoms. The van der Waals surface area contributed by atoms with Gasteiger partial charge in [0.2, 0.25) is 0 Å². The normalized spacial score (nSPS) is 11.6. The smallest absolute Gasteiger partial charge is 0.115 e. The van der Waals surface area contributed by atoms with Crippen LogP contribution in [-0.2, 0) is 11.3 Å². The molecule has 0 unspecified atom stereocenters. The van der Waals surface area contributed by atoms with E-state index in [1.54, 1.807) is 19.6 Å². The molecule has 0 spiro atoms. The van der Waals surface area contributed by atoms with Crippen LogP contribution >= 0.6 is 0 Å². The molecule has 0 saturated heterocycles. The summed E-state index contributed by atoms with van der Waals surface area (Å²) >= 11 is 0. The average molecular weight is 195 g/mol. The maximum atomic E-state index is 5.28. The van der Waals surface area contributed by atoms with Gasteiger partial charge in [0, 0.05) is 26.4 Å². The van der Waals surface area contributed by atoms with Crippen molar-refractivity contribution in [1.29, 1.82) is 0 Å². The Balaban J connectivity index is 2.29. The van der Waals surface area contributed by atoms with Crippen molar-refractivity contribution in [2.75, 3.05) is 13.7 Å². The molecule has 0 aliphatic heterocycles. The summed E-state index contributed by atoms with van der Waals surface area (Å²) in [5.41, 5.74) is 0.861. The molecule has 4 nitrogen and oxygen atoms in total. The Bertz CT molecular complexity index is 261. The zero-order valence-corrected chi connectivity index (χ0v) is 8.95. The van der Waals surface area contributed by atoms with Crippen molar-refractivity contribution in [1.82, 2.24) is 15.3 Å². The monoisotopic (exact) mass is 195 g/mol. The quantitative estimate of drug-likeness (QED) is 0.761. The highest BCUT2D eigenvalue weighted by Gasteiger charge is 2.14. The van der Waals surface area contributed by atoms with Crippen molar-refractivity contribution < 1.29 is 4.74 Å². The molecule has 1 N–H and O–H groups in total. The molecule has 1 aromatic heterocycles. The number of aromatic nitrogens is 2. The summed E-state index contributed by atoms with van der Waals surface area (Å²) in [6, 6.07) is 1.90. The second-order valence-corrected chi connectivity index (χ2v) is 3.77. The number of methoxy groups -OCH3 is 1. The van der Waals surface area contributed by atoms with Crippen molar-refractivity contribution in [3.63, 3.8) is 0 Å². The van der Waals surface area contributed by atoms with Gasteiger partial charge in [0.15, 0.2) is 0 Å². The Kier molecular flexibility index (Phi) is 3.98. The Morgan fingerprint density at radius 2 is 2.29 bits per heavy atom. The number of hydrogen-bond acceptors (Lipinski definition) is 4. The van der Waals surface area contributed by atoms with E-state index < -0.39 is 0 Å². The van der Waals surface area contributed by atoms with E-state index in [0.717, 1.165) is 18.8 Å². The molecular formula is C10H17N3O. The van der Waals surface area contributed by atoms with Crippen LogP contribution in [0.25, 0.3) is 0 Å². The number of nitrogens with zero attached hydrogens (tertiary/aromatic N) is 2. The second kappa shape index (κ2) is 5.02. The Labute approximate surface area is 84.7 Å². The van der Waals surface area contributed by atoms with Crippen molar-refractivity contribution in [2.24, 2.45) is 0 Å². The van der Waals surface area contributed by atoms with Gasteiger partial charge in [-0.3, -0.25) is 0 Å². The fourth-order valence-electron chi connectivity index (χ4n) is 0.986. The molecule has 0 amide bonds. The number of hydrogen-bond donors (Lipinski definition) is 1. The van der Waals surface area contributed by atoms with Crippen molar-refractivity contribution >= 4 is 0 Å². The Morgan fingerprint density at radius 1 is 1.50 bits per heavy atom. The first-order chi connectivity index (χ1) is 6.64. The highest BCUT2D eigenvalue weighted by Crippen LogP contribution is 2.04. The second-order valence-electron chi connectivity index (χ2n) is 3.77. The molecule has 0 bridgehead atoms. The van der Waals surface area contributed by atoms with Gasteiger partial charge in [-0.25, -0.2) is 9.97 Å². The van der Waals surface area contributed by atoms with E-state index in [0.29, 0.717) is 0 Å². The first-order valence-corrected chi connectivity index (χ1v) is 4.65. The molecule has 0 radical (unpaired) electrons. The standard InChI is InChI=1S/C10H17N3O/c1-10(2,14-3)7-12-6-9-4-5-11-8-13-9/h4-5,8,12H,6-7H2,1-3H3. The molecule has 0 atom stereocenters. The van der Waals surface area contributed by atoms with Gasteiger partial charge < -0.3 is 10.1 Å². The Hall–Kier alpha value is -1.00. The molecule has 0 saturated carbocycles. The summed E-state index contributed by atoms with van der Waals surface area (Å²) in [7, 11) is 1.71. The maximum absolute atomic E-state index is 5.28. The predicted octanol–water partition coefficient (Wildman–Crippen LogP) is 0.991. The van der Waals surface area contributed by atoms with Gasteiger partial charge in [-0.2, -0.15) is 0 Å². The predicted molar refractivity (Wildman–Crippen MR) is 54.8 cm³/mol. The van der Waals surface area contributed by atoms with Crippen molar-refractivity contribution in [2.45, 2.75) is 26.0 Å². The van der Waals surface area contributed by atoms with Crippen LogP contribution in [0.15, 0.2) is 18.6 Å². The summed E-state index contributed by atoms with van der Waals surface area (Å²) in [5, 5.41) is 3.28. The van der Waals surface area contributed by atoms with Crippen LogP contribution in [0.1, 0.15) is 19.5 Å².